The highest BCUT2D eigenvalue weighted by molar-refractivity contribution is 8.93. The summed E-state index contributed by atoms with van der Waals surface area (Å²) in [4.78, 5) is 2.33. The van der Waals surface area contributed by atoms with Gasteiger partial charge in [0.1, 0.15) is 5.75 Å². The molecular weight excluding hydrogens is 424 g/mol. The zero-order valence-electron chi connectivity index (χ0n) is 12.6. The first-order chi connectivity index (χ1) is 10.3. The maximum absolute atomic E-state index is 9.53. The highest BCUT2D eigenvalue weighted by Crippen LogP contribution is 2.30. The fraction of sp³-hybridized carbons (Fsp3) is 0.375. The molecule has 0 radical (unpaired) electrons. The highest BCUT2D eigenvalue weighted by Gasteiger charge is 2.36. The lowest BCUT2D eigenvalue weighted by atomic mass is 10.0. The van der Waals surface area contributed by atoms with E-state index in [9.17, 15) is 5.11 Å². The van der Waals surface area contributed by atoms with Crippen LogP contribution in [0.4, 0.5) is 5.82 Å². The van der Waals surface area contributed by atoms with Gasteiger partial charge in [0.05, 0.1) is 5.69 Å². The fourth-order valence-electron chi connectivity index (χ4n) is 3.36. The van der Waals surface area contributed by atoms with Crippen molar-refractivity contribution in [2.24, 2.45) is 11.8 Å². The van der Waals surface area contributed by atoms with E-state index in [1.165, 1.54) is 0 Å². The molecule has 124 valence electrons. The zero-order chi connectivity index (χ0) is 14.2. The third-order valence-electron chi connectivity index (χ3n) is 4.51. The first-order valence-electron chi connectivity index (χ1n) is 7.38. The van der Waals surface area contributed by atoms with Gasteiger partial charge in [0.15, 0.2) is 5.82 Å². The van der Waals surface area contributed by atoms with Gasteiger partial charge in [-0.05, 0) is 36.1 Å². The number of phenolic OH excluding ortho intramolecular Hbond substituents is 1. The number of aromatic nitrogens is 2. The van der Waals surface area contributed by atoms with Crippen molar-refractivity contribution in [1.29, 1.82) is 0 Å². The molecule has 1 aromatic carbocycles. The number of phenols is 1. The summed E-state index contributed by atoms with van der Waals surface area (Å²) in [5.41, 5.74) is 1.67. The Morgan fingerprint density at radius 2 is 1.74 bits per heavy atom. The normalized spacial score (nSPS) is 22.2. The van der Waals surface area contributed by atoms with Crippen LogP contribution in [-0.2, 0) is 0 Å². The van der Waals surface area contributed by atoms with Gasteiger partial charge in [-0.25, -0.2) is 0 Å². The average Bonchev–Trinajstić information content (AvgIpc) is 3.09. The highest BCUT2D eigenvalue weighted by atomic mass is 79.9. The molecule has 0 spiro atoms. The van der Waals surface area contributed by atoms with E-state index in [4.69, 9.17) is 0 Å². The van der Waals surface area contributed by atoms with Crippen molar-refractivity contribution >= 4 is 39.8 Å². The molecule has 23 heavy (non-hydrogen) atoms. The van der Waals surface area contributed by atoms with Crippen LogP contribution in [0.25, 0.3) is 11.3 Å². The van der Waals surface area contributed by atoms with E-state index in [2.05, 4.69) is 20.4 Å². The summed E-state index contributed by atoms with van der Waals surface area (Å²) >= 11 is 0. The van der Waals surface area contributed by atoms with Crippen LogP contribution in [-0.4, -0.2) is 41.5 Å². The van der Waals surface area contributed by atoms with Crippen LogP contribution in [0.2, 0.25) is 0 Å². The van der Waals surface area contributed by atoms with Gasteiger partial charge >= 0.3 is 0 Å². The summed E-state index contributed by atoms with van der Waals surface area (Å²) in [6, 6.07) is 11.1. The summed E-state index contributed by atoms with van der Waals surface area (Å²) in [5.74, 6) is 2.70. The molecule has 0 amide bonds. The monoisotopic (exact) mass is 442 g/mol. The lowest BCUT2D eigenvalue weighted by Crippen LogP contribution is -2.26. The molecule has 2 atom stereocenters. The molecule has 2 fully saturated rings. The molecule has 3 heterocycles. The van der Waals surface area contributed by atoms with E-state index in [-0.39, 0.29) is 39.7 Å². The molecule has 0 aliphatic carbocycles. The lowest BCUT2D eigenvalue weighted by molar-refractivity contribution is 0.475. The molecule has 2 unspecified atom stereocenters. The predicted molar refractivity (Wildman–Crippen MR) is 102 cm³/mol. The number of nitrogens with zero attached hydrogens (tertiary/aromatic N) is 3. The summed E-state index contributed by atoms with van der Waals surface area (Å²) in [7, 11) is 0. The number of rotatable bonds is 2. The molecule has 0 bridgehead atoms. The van der Waals surface area contributed by atoms with Crippen LogP contribution in [0, 0.1) is 11.8 Å². The van der Waals surface area contributed by atoms with Crippen LogP contribution in [0.5, 0.6) is 5.75 Å². The molecule has 5 nitrogen and oxygen atoms in total. The van der Waals surface area contributed by atoms with Crippen LogP contribution in [0.1, 0.15) is 0 Å². The molecule has 7 heteroatoms. The van der Waals surface area contributed by atoms with Gasteiger partial charge in [-0.1, -0.05) is 12.1 Å². The van der Waals surface area contributed by atoms with Crippen molar-refractivity contribution in [2.45, 2.75) is 0 Å². The number of fused-ring (bicyclic) bond motifs is 1. The minimum Gasteiger partial charge on any atom is -0.508 e. The number of aromatic hydroxyl groups is 1. The van der Waals surface area contributed by atoms with E-state index in [0.29, 0.717) is 0 Å². The molecule has 1 aromatic heterocycles. The lowest BCUT2D eigenvalue weighted by Gasteiger charge is -2.17. The van der Waals surface area contributed by atoms with Crippen molar-refractivity contribution in [1.82, 2.24) is 15.5 Å². The quantitative estimate of drug-likeness (QED) is 0.747. The van der Waals surface area contributed by atoms with Crippen molar-refractivity contribution in [3.05, 3.63) is 36.4 Å². The van der Waals surface area contributed by atoms with E-state index in [1.807, 2.05) is 24.3 Å². The molecule has 0 saturated carbocycles. The van der Waals surface area contributed by atoms with E-state index >= 15 is 0 Å². The Kier molecular flexibility index (Phi) is 6.00. The van der Waals surface area contributed by atoms with Crippen molar-refractivity contribution < 1.29 is 5.11 Å². The Bertz CT molecular complexity index is 641. The Morgan fingerprint density at radius 3 is 2.35 bits per heavy atom. The van der Waals surface area contributed by atoms with E-state index < -0.39 is 0 Å². The summed E-state index contributed by atoms with van der Waals surface area (Å²) in [6.45, 7) is 4.38. The first kappa shape index (κ1) is 18.2. The Hall–Kier alpha value is -1.18. The number of benzene rings is 1. The van der Waals surface area contributed by atoms with Crippen molar-refractivity contribution in [3.63, 3.8) is 0 Å². The second-order valence-electron chi connectivity index (χ2n) is 5.91. The average molecular weight is 444 g/mol. The SMILES string of the molecule is Br.Br.Oc1cccc(-c2ccc(N3CC4CNCC4C3)nn2)c1. The Morgan fingerprint density at radius 1 is 1.00 bits per heavy atom. The van der Waals surface area contributed by atoms with E-state index in [1.54, 1.807) is 12.1 Å². The van der Waals surface area contributed by atoms with Gasteiger partial charge in [-0.2, -0.15) is 0 Å². The number of anilines is 1. The van der Waals surface area contributed by atoms with Gasteiger partial charge in [-0.15, -0.1) is 44.2 Å². The fourth-order valence-corrected chi connectivity index (χ4v) is 3.36. The zero-order valence-corrected chi connectivity index (χ0v) is 16.0. The Balaban J connectivity index is 0.000000960. The predicted octanol–water partition coefficient (Wildman–Crippen LogP) is 2.66. The summed E-state index contributed by atoms with van der Waals surface area (Å²) < 4.78 is 0. The van der Waals surface area contributed by atoms with Crippen LogP contribution in [0.15, 0.2) is 36.4 Å². The van der Waals surface area contributed by atoms with Crippen molar-refractivity contribution in [2.75, 3.05) is 31.1 Å². The van der Waals surface area contributed by atoms with Gasteiger partial charge in [0.25, 0.3) is 0 Å². The minimum atomic E-state index is 0. The topological polar surface area (TPSA) is 61.3 Å². The maximum Gasteiger partial charge on any atom is 0.151 e. The minimum absolute atomic E-state index is 0. The molecule has 2 aliphatic heterocycles. The largest absolute Gasteiger partial charge is 0.508 e. The van der Waals surface area contributed by atoms with Gasteiger partial charge in [0.2, 0.25) is 0 Å². The van der Waals surface area contributed by atoms with Crippen molar-refractivity contribution in [3.8, 4) is 17.0 Å². The van der Waals surface area contributed by atoms with Crippen LogP contribution < -0.4 is 10.2 Å². The molecular formula is C16H20Br2N4O. The Labute approximate surface area is 156 Å². The second-order valence-corrected chi connectivity index (χ2v) is 5.91. The standard InChI is InChI=1S/C16H18N4O.2BrH/c21-14-3-1-2-11(6-14)15-4-5-16(19-18-15)20-9-12-7-17-8-13(12)10-20;;/h1-6,12-13,17,21H,7-10H2;2*1H. The summed E-state index contributed by atoms with van der Waals surface area (Å²) in [5, 5.41) is 21.7. The first-order valence-corrected chi connectivity index (χ1v) is 7.38. The van der Waals surface area contributed by atoms with Crippen LogP contribution >= 0.6 is 34.0 Å². The smallest absolute Gasteiger partial charge is 0.151 e. The molecule has 2 aliphatic rings. The van der Waals surface area contributed by atoms with E-state index in [0.717, 1.165) is 55.1 Å². The summed E-state index contributed by atoms with van der Waals surface area (Å²) in [6.07, 6.45) is 0. The molecule has 4 rings (SSSR count). The number of hydrogen-bond acceptors (Lipinski definition) is 5. The van der Waals surface area contributed by atoms with Gasteiger partial charge in [0, 0.05) is 31.7 Å². The van der Waals surface area contributed by atoms with Crippen LogP contribution in [0.3, 0.4) is 0 Å². The third kappa shape index (κ3) is 3.67. The number of hydrogen-bond donors (Lipinski definition) is 2. The maximum atomic E-state index is 9.53. The number of nitrogens with one attached hydrogen (secondary N) is 1. The second kappa shape index (κ2) is 7.59. The van der Waals surface area contributed by atoms with Gasteiger partial charge < -0.3 is 15.3 Å². The number of halogens is 2. The molecule has 2 aromatic rings. The third-order valence-corrected chi connectivity index (χ3v) is 4.51. The molecule has 2 saturated heterocycles. The molecule has 2 N–H and O–H groups in total. The van der Waals surface area contributed by atoms with Gasteiger partial charge in [-0.3, -0.25) is 0 Å².